The van der Waals surface area contributed by atoms with Gasteiger partial charge in [0.2, 0.25) is 5.91 Å². The molecule has 0 spiro atoms. The predicted octanol–water partition coefficient (Wildman–Crippen LogP) is 1.37. The minimum Gasteiger partial charge on any atom is -0.367 e. The average molecular weight is 298 g/mol. The molecule has 0 radical (unpaired) electrons. The number of aromatic amines is 1. The van der Waals surface area contributed by atoms with Gasteiger partial charge in [-0.15, -0.1) is 0 Å². The minimum absolute atomic E-state index is 0.0994. The Bertz CT molecular complexity index is 469. The van der Waals surface area contributed by atoms with E-state index in [1.807, 2.05) is 11.2 Å². The highest BCUT2D eigenvalue weighted by Crippen LogP contribution is 2.23. The van der Waals surface area contributed by atoms with Crippen LogP contribution in [0.15, 0.2) is 0 Å². The maximum Gasteiger partial charge on any atom is 0.232 e. The fraction of sp³-hybridized carbons (Fsp3) is 0.769. The second kappa shape index (κ2) is 6.13. The molecule has 0 saturated carbocycles. The van der Waals surface area contributed by atoms with Crippen molar-refractivity contribution in [3.63, 3.8) is 0 Å². The SMILES string of the molecule is CSCC(=O)N1CCO[C@H](c2nc(C(C)(C)C)n[nH]2)C1. The number of aromatic nitrogens is 3. The van der Waals surface area contributed by atoms with E-state index in [9.17, 15) is 4.79 Å². The fourth-order valence-electron chi connectivity index (χ4n) is 2.01. The van der Waals surface area contributed by atoms with Gasteiger partial charge in [0.25, 0.3) is 0 Å². The Labute approximate surface area is 123 Å². The molecule has 0 aliphatic carbocycles. The molecule has 20 heavy (non-hydrogen) atoms. The molecule has 1 saturated heterocycles. The second-order valence-electron chi connectivity index (χ2n) is 5.93. The van der Waals surface area contributed by atoms with Gasteiger partial charge >= 0.3 is 0 Å². The Kier molecular flexibility index (Phi) is 4.70. The van der Waals surface area contributed by atoms with Crippen LogP contribution in [0, 0.1) is 0 Å². The van der Waals surface area contributed by atoms with Crippen molar-refractivity contribution in [2.24, 2.45) is 0 Å². The van der Waals surface area contributed by atoms with E-state index >= 15 is 0 Å². The zero-order chi connectivity index (χ0) is 14.8. The third kappa shape index (κ3) is 3.52. The van der Waals surface area contributed by atoms with Crippen LogP contribution in [-0.4, -0.2) is 57.7 Å². The van der Waals surface area contributed by atoms with Crippen molar-refractivity contribution in [2.75, 3.05) is 31.7 Å². The molecule has 112 valence electrons. The van der Waals surface area contributed by atoms with Crippen molar-refractivity contribution in [3.8, 4) is 0 Å². The molecule has 1 aliphatic heterocycles. The first kappa shape index (κ1) is 15.3. The summed E-state index contributed by atoms with van der Waals surface area (Å²) in [5.41, 5.74) is -0.0994. The Balaban J connectivity index is 2.05. The highest BCUT2D eigenvalue weighted by molar-refractivity contribution is 7.99. The van der Waals surface area contributed by atoms with Gasteiger partial charge in [-0.3, -0.25) is 9.89 Å². The Morgan fingerprint density at radius 1 is 1.55 bits per heavy atom. The largest absolute Gasteiger partial charge is 0.367 e. The van der Waals surface area contributed by atoms with Crippen molar-refractivity contribution < 1.29 is 9.53 Å². The molecule has 7 heteroatoms. The molecule has 0 unspecified atom stereocenters. The maximum absolute atomic E-state index is 11.9. The smallest absolute Gasteiger partial charge is 0.232 e. The van der Waals surface area contributed by atoms with Crippen LogP contribution in [0.4, 0.5) is 0 Å². The molecular formula is C13H22N4O2S. The van der Waals surface area contributed by atoms with E-state index in [4.69, 9.17) is 4.74 Å². The third-order valence-corrected chi connectivity index (χ3v) is 3.70. The molecule has 1 aromatic heterocycles. The zero-order valence-electron chi connectivity index (χ0n) is 12.5. The molecule has 0 aromatic carbocycles. The lowest BCUT2D eigenvalue weighted by molar-refractivity contribution is -0.136. The van der Waals surface area contributed by atoms with Gasteiger partial charge in [0.1, 0.15) is 6.10 Å². The number of nitrogens with zero attached hydrogens (tertiary/aromatic N) is 3. The van der Waals surface area contributed by atoms with Gasteiger partial charge in [0.05, 0.1) is 18.9 Å². The lowest BCUT2D eigenvalue weighted by Crippen LogP contribution is -2.43. The first-order chi connectivity index (χ1) is 9.41. The molecule has 1 N–H and O–H groups in total. The van der Waals surface area contributed by atoms with E-state index < -0.39 is 0 Å². The number of H-pyrrole nitrogens is 1. The summed E-state index contributed by atoms with van der Waals surface area (Å²) >= 11 is 1.54. The molecule has 1 atom stereocenters. The normalized spacial score (nSPS) is 20.2. The standard InChI is InChI=1S/C13H22N4O2S/c1-13(2,3)12-14-11(15-16-12)9-7-17(5-6-19-9)10(18)8-20-4/h9H,5-8H2,1-4H3,(H,14,15,16)/t9-/m0/s1. The van der Waals surface area contributed by atoms with Crippen molar-refractivity contribution in [1.29, 1.82) is 0 Å². The topological polar surface area (TPSA) is 71.1 Å². The van der Waals surface area contributed by atoms with Gasteiger partial charge in [0.15, 0.2) is 11.6 Å². The summed E-state index contributed by atoms with van der Waals surface area (Å²) in [6.45, 7) is 7.92. The number of hydrogen-bond donors (Lipinski definition) is 1. The fourth-order valence-corrected chi connectivity index (χ4v) is 2.44. The molecule has 2 heterocycles. The van der Waals surface area contributed by atoms with Crippen molar-refractivity contribution in [1.82, 2.24) is 20.1 Å². The zero-order valence-corrected chi connectivity index (χ0v) is 13.3. The number of hydrogen-bond acceptors (Lipinski definition) is 5. The molecule has 2 rings (SSSR count). The summed E-state index contributed by atoms with van der Waals surface area (Å²) in [4.78, 5) is 18.3. The molecule has 1 fully saturated rings. The summed E-state index contributed by atoms with van der Waals surface area (Å²) in [7, 11) is 0. The van der Waals surface area contributed by atoms with Crippen LogP contribution in [0.3, 0.4) is 0 Å². The third-order valence-electron chi connectivity index (χ3n) is 3.17. The monoisotopic (exact) mass is 298 g/mol. The second-order valence-corrected chi connectivity index (χ2v) is 6.79. The quantitative estimate of drug-likeness (QED) is 0.912. The van der Waals surface area contributed by atoms with Gasteiger partial charge in [-0.05, 0) is 6.26 Å². The number of carbonyl (C=O) groups is 1. The molecule has 1 aliphatic rings. The van der Waals surface area contributed by atoms with Crippen LogP contribution in [0.25, 0.3) is 0 Å². The van der Waals surface area contributed by atoms with Gasteiger partial charge in [-0.1, -0.05) is 20.8 Å². The maximum atomic E-state index is 11.9. The summed E-state index contributed by atoms with van der Waals surface area (Å²) in [5.74, 6) is 2.14. The highest BCUT2D eigenvalue weighted by atomic mass is 32.2. The van der Waals surface area contributed by atoms with Crippen LogP contribution < -0.4 is 0 Å². The summed E-state index contributed by atoms with van der Waals surface area (Å²) in [6.07, 6.45) is 1.72. The molecule has 0 bridgehead atoms. The Morgan fingerprint density at radius 3 is 2.90 bits per heavy atom. The van der Waals surface area contributed by atoms with Crippen molar-refractivity contribution in [2.45, 2.75) is 32.3 Å². The number of rotatable bonds is 3. The van der Waals surface area contributed by atoms with E-state index in [2.05, 4.69) is 36.0 Å². The predicted molar refractivity (Wildman–Crippen MR) is 78.7 cm³/mol. The van der Waals surface area contributed by atoms with Gasteiger partial charge in [0, 0.05) is 12.0 Å². The number of amides is 1. The van der Waals surface area contributed by atoms with Crippen LogP contribution in [0.5, 0.6) is 0 Å². The summed E-state index contributed by atoms with van der Waals surface area (Å²) in [5, 5.41) is 7.19. The van der Waals surface area contributed by atoms with E-state index in [0.29, 0.717) is 31.3 Å². The Morgan fingerprint density at radius 2 is 2.30 bits per heavy atom. The lowest BCUT2D eigenvalue weighted by atomic mass is 9.96. The van der Waals surface area contributed by atoms with E-state index in [1.54, 1.807) is 11.8 Å². The van der Waals surface area contributed by atoms with Crippen LogP contribution in [0.1, 0.15) is 38.5 Å². The molecular weight excluding hydrogens is 276 g/mol. The van der Waals surface area contributed by atoms with Crippen LogP contribution in [-0.2, 0) is 14.9 Å². The molecule has 6 nitrogen and oxygen atoms in total. The van der Waals surface area contributed by atoms with Gasteiger partial charge < -0.3 is 9.64 Å². The Hall–Kier alpha value is -1.08. The lowest BCUT2D eigenvalue weighted by Gasteiger charge is -2.31. The highest BCUT2D eigenvalue weighted by Gasteiger charge is 2.29. The van der Waals surface area contributed by atoms with Gasteiger partial charge in [-0.2, -0.15) is 16.9 Å². The van der Waals surface area contributed by atoms with E-state index in [0.717, 1.165) is 5.82 Å². The van der Waals surface area contributed by atoms with Crippen LogP contribution in [0.2, 0.25) is 0 Å². The van der Waals surface area contributed by atoms with Crippen LogP contribution >= 0.6 is 11.8 Å². The first-order valence-corrected chi connectivity index (χ1v) is 8.12. The van der Waals surface area contributed by atoms with Crippen molar-refractivity contribution in [3.05, 3.63) is 11.6 Å². The average Bonchev–Trinajstić information content (AvgIpc) is 2.89. The molecule has 1 aromatic rings. The van der Waals surface area contributed by atoms with Gasteiger partial charge in [-0.25, -0.2) is 4.98 Å². The number of ether oxygens (including phenoxy) is 1. The van der Waals surface area contributed by atoms with E-state index in [-0.39, 0.29) is 17.4 Å². The molecule has 1 amide bonds. The first-order valence-electron chi connectivity index (χ1n) is 6.73. The number of carbonyl (C=O) groups excluding carboxylic acids is 1. The summed E-state index contributed by atoms with van der Waals surface area (Å²) < 4.78 is 5.71. The number of morpholine rings is 1. The number of thioether (sulfide) groups is 1. The number of nitrogens with one attached hydrogen (secondary N) is 1. The van der Waals surface area contributed by atoms with Crippen molar-refractivity contribution >= 4 is 17.7 Å². The van der Waals surface area contributed by atoms with E-state index in [1.165, 1.54) is 0 Å². The minimum atomic E-state index is -0.210. The summed E-state index contributed by atoms with van der Waals surface area (Å²) in [6, 6.07) is 0.